The summed E-state index contributed by atoms with van der Waals surface area (Å²) in [6, 6.07) is 4.07. The molecule has 0 radical (unpaired) electrons. The van der Waals surface area contributed by atoms with Crippen LogP contribution in [0.3, 0.4) is 0 Å². The van der Waals surface area contributed by atoms with Gasteiger partial charge in [0, 0.05) is 43.1 Å². The van der Waals surface area contributed by atoms with Crippen molar-refractivity contribution in [1.29, 1.82) is 5.26 Å². The molecule has 0 aromatic carbocycles. The van der Waals surface area contributed by atoms with Gasteiger partial charge in [-0.05, 0) is 18.1 Å². The van der Waals surface area contributed by atoms with Gasteiger partial charge in [-0.25, -0.2) is 9.59 Å². The number of carbonyl (C=O) groups is 2. The fraction of sp³-hybridized carbons (Fsp3) is 0.412. The van der Waals surface area contributed by atoms with Crippen molar-refractivity contribution in [2.24, 2.45) is 5.92 Å². The predicted octanol–water partition coefficient (Wildman–Crippen LogP) is 0.0754. The number of carboxylic acid groups (broad SMARTS) is 2. The zero-order valence-electron chi connectivity index (χ0n) is 13.8. The third-order valence-electron chi connectivity index (χ3n) is 4.11. The minimum absolute atomic E-state index is 0.116. The van der Waals surface area contributed by atoms with Gasteiger partial charge in [0.15, 0.2) is 0 Å². The average molecular weight is 361 g/mol. The van der Waals surface area contributed by atoms with Gasteiger partial charge < -0.3 is 25.4 Å². The maximum absolute atomic E-state index is 9.70. The molecule has 0 bridgehead atoms. The highest BCUT2D eigenvalue weighted by Gasteiger charge is 2.41. The molecule has 2 aliphatic rings. The normalized spacial score (nSPS) is 27.1. The summed E-state index contributed by atoms with van der Waals surface area (Å²) >= 11 is 0. The number of nitrogens with zero attached hydrogens (tertiary/aromatic N) is 2. The second kappa shape index (κ2) is 9.05. The third kappa shape index (κ3) is 5.35. The van der Waals surface area contributed by atoms with Gasteiger partial charge in [-0.2, -0.15) is 5.26 Å². The van der Waals surface area contributed by atoms with Crippen LogP contribution < -0.4 is 5.32 Å². The second-order valence-corrected chi connectivity index (χ2v) is 5.94. The summed E-state index contributed by atoms with van der Waals surface area (Å²) < 4.78 is 5.62. The number of ether oxygens (including phenoxy) is 1. The molecule has 9 nitrogen and oxygen atoms in total. The van der Waals surface area contributed by atoms with Crippen LogP contribution in [0.2, 0.25) is 0 Å². The molecule has 26 heavy (non-hydrogen) atoms. The Kier molecular flexibility index (Phi) is 6.80. The van der Waals surface area contributed by atoms with Crippen molar-refractivity contribution in [2.45, 2.75) is 24.7 Å². The maximum Gasteiger partial charge on any atom is 0.328 e. The van der Waals surface area contributed by atoms with E-state index in [1.54, 1.807) is 12.4 Å². The lowest BCUT2D eigenvalue weighted by atomic mass is 9.86. The van der Waals surface area contributed by atoms with Gasteiger partial charge in [-0.15, -0.1) is 0 Å². The molecule has 4 N–H and O–H groups in total. The van der Waals surface area contributed by atoms with Crippen molar-refractivity contribution < 1.29 is 29.6 Å². The molecule has 0 spiro atoms. The molecule has 9 heteroatoms. The Labute approximate surface area is 149 Å². The van der Waals surface area contributed by atoms with Crippen molar-refractivity contribution in [3.8, 4) is 6.07 Å². The number of carboxylic acids is 2. The van der Waals surface area contributed by atoms with Gasteiger partial charge in [0.1, 0.15) is 6.07 Å². The number of hydrogen-bond acceptors (Lipinski definition) is 7. The summed E-state index contributed by atoms with van der Waals surface area (Å²) in [5.41, 5.74) is 1.56. The van der Waals surface area contributed by atoms with Gasteiger partial charge in [0.2, 0.25) is 0 Å². The van der Waals surface area contributed by atoms with Gasteiger partial charge >= 0.3 is 11.9 Å². The number of aliphatic carboxylic acids is 2. The number of pyridine rings is 1. The van der Waals surface area contributed by atoms with Crippen molar-refractivity contribution in [3.05, 3.63) is 41.7 Å². The van der Waals surface area contributed by atoms with Gasteiger partial charge in [0.05, 0.1) is 24.4 Å². The van der Waals surface area contributed by atoms with E-state index < -0.39 is 11.9 Å². The molecule has 0 saturated carbocycles. The van der Waals surface area contributed by atoms with Crippen LogP contribution in [0.1, 0.15) is 23.6 Å². The molecule has 2 saturated heterocycles. The quantitative estimate of drug-likeness (QED) is 0.548. The standard InChI is InChI=1S/C13H15N3O2.C4H4O4/c14-3-8-1-9(5-15-4-8)13-11-2-10(17)7-18-12(11)6-16-13;5-3(6)1-2-4(7)8/h1,4-5,10-13,16-17H,2,6-7H2;1-2H,(H,5,6)(H,7,8)/b;2-1+/t10-,11?,12?,13?;/m1./s1. The Morgan fingerprint density at radius 2 is 2.00 bits per heavy atom. The summed E-state index contributed by atoms with van der Waals surface area (Å²) in [4.78, 5) is 23.2. The first-order chi connectivity index (χ1) is 12.4. The Morgan fingerprint density at radius 3 is 2.62 bits per heavy atom. The highest BCUT2D eigenvalue weighted by Crippen LogP contribution is 2.37. The average Bonchev–Trinajstić information content (AvgIpc) is 3.03. The molecule has 138 valence electrons. The van der Waals surface area contributed by atoms with E-state index in [1.807, 2.05) is 6.07 Å². The lowest BCUT2D eigenvalue weighted by molar-refractivity contribution is -0.134. The number of nitriles is 1. The SMILES string of the molecule is N#Cc1cncc(C2NCC3OC[C@H](O)CC32)c1.O=C(O)/C=C/C(=O)O. The maximum atomic E-state index is 9.70. The zero-order valence-corrected chi connectivity index (χ0v) is 13.8. The van der Waals surface area contributed by atoms with Crippen molar-refractivity contribution >= 4 is 11.9 Å². The van der Waals surface area contributed by atoms with Gasteiger partial charge in [-0.1, -0.05) is 0 Å². The van der Waals surface area contributed by atoms with E-state index in [2.05, 4.69) is 16.4 Å². The van der Waals surface area contributed by atoms with Crippen LogP contribution >= 0.6 is 0 Å². The van der Waals surface area contributed by atoms with Crippen LogP contribution in [0.4, 0.5) is 0 Å². The smallest absolute Gasteiger partial charge is 0.328 e. The Bertz CT molecular complexity index is 713. The zero-order chi connectivity index (χ0) is 19.1. The van der Waals surface area contributed by atoms with Gasteiger partial charge in [0.25, 0.3) is 0 Å². The molecule has 1 aromatic heterocycles. The molecule has 0 amide bonds. The summed E-state index contributed by atoms with van der Waals surface area (Å²) in [6.45, 7) is 1.21. The van der Waals surface area contributed by atoms with Crippen LogP contribution in [0.25, 0.3) is 0 Å². The van der Waals surface area contributed by atoms with Crippen molar-refractivity contribution in [1.82, 2.24) is 10.3 Å². The van der Waals surface area contributed by atoms with Crippen molar-refractivity contribution in [2.75, 3.05) is 13.2 Å². The summed E-state index contributed by atoms with van der Waals surface area (Å²) in [7, 11) is 0. The molecular formula is C17H19N3O6. The molecule has 3 unspecified atom stereocenters. The molecule has 4 atom stereocenters. The minimum Gasteiger partial charge on any atom is -0.478 e. The lowest BCUT2D eigenvalue weighted by Gasteiger charge is -2.31. The highest BCUT2D eigenvalue weighted by atomic mass is 16.5. The largest absolute Gasteiger partial charge is 0.478 e. The Morgan fingerprint density at radius 1 is 1.31 bits per heavy atom. The summed E-state index contributed by atoms with van der Waals surface area (Å²) in [5, 5.41) is 37.6. The fourth-order valence-electron chi connectivity index (χ4n) is 3.04. The van der Waals surface area contributed by atoms with E-state index >= 15 is 0 Å². The van der Waals surface area contributed by atoms with Crippen molar-refractivity contribution in [3.63, 3.8) is 0 Å². The third-order valence-corrected chi connectivity index (χ3v) is 4.11. The summed E-state index contributed by atoms with van der Waals surface area (Å²) in [5.74, 6) is -2.26. The number of aromatic nitrogens is 1. The monoisotopic (exact) mass is 361 g/mol. The van der Waals surface area contributed by atoms with E-state index in [-0.39, 0.29) is 24.2 Å². The van der Waals surface area contributed by atoms with E-state index in [0.717, 1.165) is 18.5 Å². The van der Waals surface area contributed by atoms with Gasteiger partial charge in [-0.3, -0.25) is 4.98 Å². The van der Waals surface area contributed by atoms with E-state index in [9.17, 15) is 14.7 Å². The highest BCUT2D eigenvalue weighted by molar-refractivity contribution is 5.89. The molecule has 3 rings (SSSR count). The number of fused-ring (bicyclic) bond motifs is 1. The molecule has 3 heterocycles. The Balaban J connectivity index is 0.000000260. The fourth-order valence-corrected chi connectivity index (χ4v) is 3.04. The first-order valence-corrected chi connectivity index (χ1v) is 7.92. The van der Waals surface area contributed by atoms with E-state index in [4.69, 9.17) is 20.2 Å². The minimum atomic E-state index is -1.26. The number of rotatable bonds is 3. The summed E-state index contributed by atoms with van der Waals surface area (Å²) in [6.07, 6.45) is 4.96. The van der Waals surface area contributed by atoms with E-state index in [0.29, 0.717) is 24.3 Å². The molecular weight excluding hydrogens is 342 g/mol. The lowest BCUT2D eigenvalue weighted by Crippen LogP contribution is -2.36. The molecule has 2 fully saturated rings. The second-order valence-electron chi connectivity index (χ2n) is 5.94. The number of hydrogen-bond donors (Lipinski definition) is 4. The Hall–Kier alpha value is -2.80. The molecule has 2 aliphatic heterocycles. The number of nitrogens with one attached hydrogen (secondary N) is 1. The number of aliphatic hydroxyl groups excluding tert-OH is 1. The topological polar surface area (TPSA) is 153 Å². The number of aliphatic hydroxyl groups is 1. The van der Waals surface area contributed by atoms with Crippen LogP contribution in [0.15, 0.2) is 30.6 Å². The van der Waals surface area contributed by atoms with Crippen LogP contribution in [0.5, 0.6) is 0 Å². The first-order valence-electron chi connectivity index (χ1n) is 7.92. The molecule has 0 aliphatic carbocycles. The van der Waals surface area contributed by atoms with E-state index in [1.165, 1.54) is 0 Å². The predicted molar refractivity (Wildman–Crippen MR) is 88.0 cm³/mol. The first kappa shape index (κ1) is 19.5. The van der Waals surface area contributed by atoms with Crippen LogP contribution in [-0.4, -0.2) is 57.6 Å². The molecule has 1 aromatic rings. The van der Waals surface area contributed by atoms with Crippen LogP contribution in [0, 0.1) is 17.2 Å². The van der Waals surface area contributed by atoms with Crippen LogP contribution in [-0.2, 0) is 14.3 Å².